The molecule has 3 aliphatic heterocycles. The van der Waals surface area contributed by atoms with Crippen molar-refractivity contribution in [1.29, 1.82) is 0 Å². The highest BCUT2D eigenvalue weighted by atomic mass is 32.1. The smallest absolute Gasteiger partial charge is 0.252 e. The molecule has 13 rings (SSSR count). The minimum Gasteiger partial charge on any atom is -0.334 e. The van der Waals surface area contributed by atoms with Crippen molar-refractivity contribution in [3.8, 4) is 11.1 Å². The summed E-state index contributed by atoms with van der Waals surface area (Å²) >= 11 is 1.93. The SMILES string of the molecule is Cc1cc2c3c(c1)N(c1cccc4c1sc1ccccc14)c1cc(N4c5ccc(C(C)(C)C)cc5C5(C)CCCCC45C)ccc1B3c1cc(C(C)(C)C)ccc1N2c1ccc(C(C)(C)C)cc1-c1ccccc1. The number of nitrogens with zero attached hydrogens (tertiary/aromatic N) is 3. The van der Waals surface area contributed by atoms with Gasteiger partial charge in [-0.25, -0.2) is 0 Å². The molecule has 1 fully saturated rings. The second-order valence-corrected chi connectivity index (χ2v) is 26.9. The molecule has 74 heavy (non-hydrogen) atoms. The molecule has 1 aromatic heterocycles. The minimum atomic E-state index is -0.0937. The Balaban J connectivity index is 1.12. The normalized spacial score (nSPS) is 19.1. The third-order valence-corrected chi connectivity index (χ3v) is 19.3. The van der Waals surface area contributed by atoms with Crippen LogP contribution in [0.3, 0.4) is 0 Å². The van der Waals surface area contributed by atoms with E-state index in [9.17, 15) is 0 Å². The lowest BCUT2D eigenvalue weighted by Crippen LogP contribution is -2.61. The van der Waals surface area contributed by atoms with Gasteiger partial charge in [-0.3, -0.25) is 0 Å². The molecule has 4 aliphatic rings. The fraction of sp³-hybridized carbons (Fsp3) is 0.304. The van der Waals surface area contributed by atoms with Crippen LogP contribution in [-0.4, -0.2) is 12.3 Å². The van der Waals surface area contributed by atoms with E-state index in [0.717, 1.165) is 6.42 Å². The molecule has 370 valence electrons. The van der Waals surface area contributed by atoms with E-state index in [0.29, 0.717) is 0 Å². The van der Waals surface area contributed by atoms with Gasteiger partial charge in [0, 0.05) is 60.6 Å². The molecule has 9 aromatic rings. The summed E-state index contributed by atoms with van der Waals surface area (Å²) in [5.41, 5.74) is 23.4. The van der Waals surface area contributed by atoms with Gasteiger partial charge in [0.15, 0.2) is 0 Å². The number of benzene rings is 8. The van der Waals surface area contributed by atoms with Gasteiger partial charge >= 0.3 is 0 Å². The Morgan fingerprint density at radius 2 is 1.09 bits per heavy atom. The van der Waals surface area contributed by atoms with Crippen molar-refractivity contribution in [2.45, 2.75) is 136 Å². The van der Waals surface area contributed by atoms with E-state index in [-0.39, 0.29) is 33.9 Å². The van der Waals surface area contributed by atoms with Crippen LogP contribution in [0.4, 0.5) is 45.5 Å². The summed E-state index contributed by atoms with van der Waals surface area (Å²) < 4.78 is 2.64. The van der Waals surface area contributed by atoms with Crippen LogP contribution in [0.25, 0.3) is 31.3 Å². The summed E-state index contributed by atoms with van der Waals surface area (Å²) in [4.78, 5) is 8.12. The fourth-order valence-corrected chi connectivity index (χ4v) is 15.0. The van der Waals surface area contributed by atoms with Crippen molar-refractivity contribution in [3.63, 3.8) is 0 Å². The quantitative estimate of drug-likeness (QED) is 0.163. The molecule has 0 amide bonds. The molecule has 0 bridgehead atoms. The van der Waals surface area contributed by atoms with Crippen LogP contribution < -0.4 is 31.1 Å². The molecule has 0 radical (unpaired) electrons. The van der Waals surface area contributed by atoms with E-state index < -0.39 is 0 Å². The van der Waals surface area contributed by atoms with Crippen LogP contribution in [0.5, 0.6) is 0 Å². The highest BCUT2D eigenvalue weighted by Crippen LogP contribution is 2.62. The molecule has 0 spiro atoms. The molecule has 8 aromatic carbocycles. The Bertz CT molecular complexity index is 3770. The molecule has 1 aliphatic carbocycles. The lowest BCUT2D eigenvalue weighted by atomic mass is 9.33. The molecule has 0 N–H and O–H groups in total. The van der Waals surface area contributed by atoms with Gasteiger partial charge in [0.1, 0.15) is 0 Å². The Morgan fingerprint density at radius 1 is 0.486 bits per heavy atom. The molecule has 3 nitrogen and oxygen atoms in total. The van der Waals surface area contributed by atoms with Crippen molar-refractivity contribution < 1.29 is 0 Å². The monoisotopic (exact) mass is 984 g/mol. The van der Waals surface area contributed by atoms with Gasteiger partial charge in [-0.15, -0.1) is 11.3 Å². The van der Waals surface area contributed by atoms with Crippen LogP contribution in [0.2, 0.25) is 0 Å². The van der Waals surface area contributed by atoms with E-state index >= 15 is 0 Å². The summed E-state index contributed by atoms with van der Waals surface area (Å²) in [7, 11) is 0. The summed E-state index contributed by atoms with van der Waals surface area (Å²) in [5.74, 6) is 0. The lowest BCUT2D eigenvalue weighted by Gasteiger charge is -2.50. The molecular formula is C69H70BN3S. The third kappa shape index (κ3) is 6.90. The molecular weight excluding hydrogens is 914 g/mol. The molecule has 4 heterocycles. The largest absolute Gasteiger partial charge is 0.334 e. The van der Waals surface area contributed by atoms with Crippen LogP contribution in [0.1, 0.15) is 130 Å². The number of hydrogen-bond donors (Lipinski definition) is 0. The second kappa shape index (κ2) is 16.2. The Hall–Kier alpha value is -6.56. The van der Waals surface area contributed by atoms with Gasteiger partial charge in [0.05, 0.1) is 21.6 Å². The number of rotatable bonds is 4. The van der Waals surface area contributed by atoms with Crippen molar-refractivity contribution in [2.24, 2.45) is 0 Å². The number of hydrogen-bond acceptors (Lipinski definition) is 4. The second-order valence-electron chi connectivity index (χ2n) is 25.8. The first-order valence-corrected chi connectivity index (χ1v) is 28.1. The maximum Gasteiger partial charge on any atom is 0.252 e. The van der Waals surface area contributed by atoms with E-state index in [1.54, 1.807) is 0 Å². The highest BCUT2D eigenvalue weighted by molar-refractivity contribution is 7.26. The predicted molar refractivity (Wildman–Crippen MR) is 322 cm³/mol. The summed E-state index contributed by atoms with van der Waals surface area (Å²) in [6.45, 7) is 28.6. The first kappa shape index (κ1) is 47.2. The summed E-state index contributed by atoms with van der Waals surface area (Å²) in [6, 6.07) is 61.9. The van der Waals surface area contributed by atoms with E-state index in [2.05, 4.69) is 256 Å². The zero-order chi connectivity index (χ0) is 51.4. The van der Waals surface area contributed by atoms with Gasteiger partial charge in [-0.2, -0.15) is 0 Å². The zero-order valence-corrected chi connectivity index (χ0v) is 46.5. The summed E-state index contributed by atoms with van der Waals surface area (Å²) in [6.07, 6.45) is 4.84. The Labute approximate surface area is 445 Å². The first-order valence-electron chi connectivity index (χ1n) is 27.3. The van der Waals surface area contributed by atoms with Gasteiger partial charge in [-0.1, -0.05) is 179 Å². The molecule has 5 heteroatoms. The molecule has 2 atom stereocenters. The molecule has 1 saturated carbocycles. The van der Waals surface area contributed by atoms with E-state index in [1.165, 1.54) is 140 Å². The van der Waals surface area contributed by atoms with Gasteiger partial charge in [-0.05, 0) is 153 Å². The van der Waals surface area contributed by atoms with Crippen LogP contribution >= 0.6 is 11.3 Å². The minimum absolute atomic E-state index is 0.0114. The molecule has 0 saturated heterocycles. The van der Waals surface area contributed by atoms with Gasteiger partial charge in [0.2, 0.25) is 0 Å². The number of fused-ring (bicyclic) bond motifs is 10. The van der Waals surface area contributed by atoms with Gasteiger partial charge in [0.25, 0.3) is 6.71 Å². The van der Waals surface area contributed by atoms with E-state index in [1.807, 2.05) is 11.3 Å². The number of anilines is 8. The maximum absolute atomic E-state index is 2.80. The number of thiophene rings is 1. The average molecular weight is 984 g/mol. The standard InChI is InChI=1S/C69H70BN3S/c1-43-37-60-63-61(38-43)72(58-25-20-24-50-49-23-16-17-26-62(49)74-64(50)58)59-42-48(73-56-33-28-46(66(5,6)7)40-52(56)68(11)35-18-19-36-69(68,73)12)30-31-53(59)70(63)54-41-47(67(8,9)10)29-34-57(54)71(60)55-32-27-45(65(2,3)4)39-51(55)44-21-14-13-15-22-44/h13-17,20-34,37-42H,18-19,35-36H2,1-12H3. The van der Waals surface area contributed by atoms with Crippen molar-refractivity contribution in [3.05, 3.63) is 186 Å². The van der Waals surface area contributed by atoms with Crippen LogP contribution in [-0.2, 0) is 21.7 Å². The highest BCUT2D eigenvalue weighted by Gasteiger charge is 2.58. The fourth-order valence-electron chi connectivity index (χ4n) is 13.8. The predicted octanol–water partition coefficient (Wildman–Crippen LogP) is 17.7. The topological polar surface area (TPSA) is 9.72 Å². The first-order chi connectivity index (χ1) is 35.2. The average Bonchev–Trinajstić information content (AvgIpc) is 3.88. The van der Waals surface area contributed by atoms with Crippen molar-refractivity contribution in [2.75, 3.05) is 14.7 Å². The third-order valence-electron chi connectivity index (χ3n) is 18.1. The van der Waals surface area contributed by atoms with E-state index in [4.69, 9.17) is 0 Å². The van der Waals surface area contributed by atoms with Crippen molar-refractivity contribution in [1.82, 2.24) is 0 Å². The van der Waals surface area contributed by atoms with Gasteiger partial charge < -0.3 is 14.7 Å². The number of aryl methyl sites for hydroxylation is 1. The lowest BCUT2D eigenvalue weighted by molar-refractivity contribution is 0.195. The Morgan fingerprint density at radius 3 is 1.81 bits per heavy atom. The zero-order valence-electron chi connectivity index (χ0n) is 45.7. The summed E-state index contributed by atoms with van der Waals surface area (Å²) in [5, 5.41) is 2.63. The van der Waals surface area contributed by atoms with Crippen LogP contribution in [0, 0.1) is 6.92 Å². The molecule has 2 unspecified atom stereocenters. The van der Waals surface area contributed by atoms with Crippen molar-refractivity contribution >= 4 is 100 Å². The van der Waals surface area contributed by atoms with Crippen LogP contribution in [0.15, 0.2) is 158 Å². The maximum atomic E-state index is 2.80. The Kier molecular flexibility index (Phi) is 10.3.